The Labute approximate surface area is 143 Å². The maximum Gasteiger partial charge on any atom is 0.227 e. The first kappa shape index (κ1) is 17.3. The number of nitrogens with zero attached hydrogens (tertiary/aromatic N) is 3. The molecular weight excluding hydrogens is 334 g/mol. The molecule has 1 amide bonds. The van der Waals surface area contributed by atoms with Crippen LogP contribution in [0.4, 0.5) is 0 Å². The van der Waals surface area contributed by atoms with Crippen molar-refractivity contribution in [1.82, 2.24) is 0 Å². The van der Waals surface area contributed by atoms with Gasteiger partial charge in [0.15, 0.2) is 6.17 Å². The van der Waals surface area contributed by atoms with Crippen molar-refractivity contribution >= 4 is 34.3 Å². The second-order valence-electron chi connectivity index (χ2n) is 5.10. The number of hydrogen-bond acceptors (Lipinski definition) is 5. The largest absolute Gasteiger partial charge is 0.369 e. The van der Waals surface area contributed by atoms with Crippen LogP contribution >= 0.6 is 23.4 Å². The van der Waals surface area contributed by atoms with Crippen LogP contribution in [0.2, 0.25) is 5.02 Å². The quantitative estimate of drug-likeness (QED) is 0.839. The van der Waals surface area contributed by atoms with Crippen LogP contribution in [-0.2, 0) is 4.79 Å². The number of carbonyl (C=O) groups is 1. The molecule has 0 radical (unpaired) electrons. The minimum Gasteiger partial charge on any atom is -0.369 e. The van der Waals surface area contributed by atoms with Crippen molar-refractivity contribution in [2.75, 3.05) is 5.75 Å². The zero-order valence-electron chi connectivity index (χ0n) is 12.1. The summed E-state index contributed by atoms with van der Waals surface area (Å²) in [7, 11) is 0. The van der Waals surface area contributed by atoms with E-state index in [4.69, 9.17) is 17.3 Å². The molecule has 4 atom stereocenters. The highest BCUT2D eigenvalue weighted by Gasteiger charge is 2.44. The van der Waals surface area contributed by atoms with Gasteiger partial charge in [0.05, 0.1) is 22.9 Å². The average Bonchev–Trinajstić information content (AvgIpc) is 2.52. The molecule has 0 aromatic heterocycles. The van der Waals surface area contributed by atoms with Crippen LogP contribution in [-0.4, -0.2) is 22.9 Å². The van der Waals surface area contributed by atoms with Crippen molar-refractivity contribution in [3.63, 3.8) is 0 Å². The fourth-order valence-corrected chi connectivity index (χ4v) is 3.76. The molecule has 23 heavy (non-hydrogen) atoms. The monoisotopic (exact) mass is 348 g/mol. The Morgan fingerprint density at radius 3 is 2.65 bits per heavy atom. The summed E-state index contributed by atoms with van der Waals surface area (Å²) < 4.78 is 0. The summed E-state index contributed by atoms with van der Waals surface area (Å²) in [5, 5.41) is 20.1. The van der Waals surface area contributed by atoms with E-state index in [1.54, 1.807) is 18.2 Å². The van der Waals surface area contributed by atoms with Crippen LogP contribution in [0.3, 0.4) is 0 Å². The lowest BCUT2D eigenvalue weighted by atomic mass is 9.75. The van der Waals surface area contributed by atoms with E-state index < -0.39 is 29.8 Å². The highest BCUT2D eigenvalue weighted by Crippen LogP contribution is 2.42. The Bertz CT molecular complexity index is 723. The molecular formula is C15H15ClN5OS+. The van der Waals surface area contributed by atoms with Crippen molar-refractivity contribution < 1.29 is 10.5 Å². The molecule has 1 unspecified atom stereocenters. The summed E-state index contributed by atoms with van der Waals surface area (Å²) >= 11 is 7.38. The van der Waals surface area contributed by atoms with Crippen LogP contribution < -0.4 is 11.5 Å². The maximum absolute atomic E-state index is 11.0. The maximum atomic E-state index is 11.0. The van der Waals surface area contributed by atoms with Crippen molar-refractivity contribution in [2.24, 2.45) is 22.6 Å². The van der Waals surface area contributed by atoms with Gasteiger partial charge in [0, 0.05) is 10.9 Å². The van der Waals surface area contributed by atoms with Gasteiger partial charge < -0.3 is 11.5 Å². The van der Waals surface area contributed by atoms with Gasteiger partial charge in [0.1, 0.15) is 11.8 Å². The Balaban J connectivity index is 2.48. The van der Waals surface area contributed by atoms with Gasteiger partial charge in [-0.2, -0.15) is 10.5 Å². The first-order valence-corrected chi connectivity index (χ1v) is 8.21. The van der Waals surface area contributed by atoms with Crippen LogP contribution in [0, 0.1) is 34.5 Å². The van der Waals surface area contributed by atoms with Crippen LogP contribution in [0.15, 0.2) is 29.3 Å². The number of thioether (sulfide) groups is 1. The first-order chi connectivity index (χ1) is 11.0. The molecule has 1 aromatic rings. The third-order valence-corrected chi connectivity index (χ3v) is 5.06. The van der Waals surface area contributed by atoms with Crippen LogP contribution in [0.5, 0.6) is 0 Å². The first-order valence-electron chi connectivity index (χ1n) is 6.85. The van der Waals surface area contributed by atoms with E-state index in [2.05, 4.69) is 22.9 Å². The molecule has 1 heterocycles. The molecule has 0 spiro atoms. The van der Waals surface area contributed by atoms with Crippen LogP contribution in [0.1, 0.15) is 11.5 Å². The van der Waals surface area contributed by atoms with E-state index in [1.165, 1.54) is 0 Å². The molecule has 8 heteroatoms. The van der Waals surface area contributed by atoms with E-state index in [1.807, 2.05) is 6.07 Å². The third-order valence-electron chi connectivity index (χ3n) is 3.63. The van der Waals surface area contributed by atoms with E-state index in [0.29, 0.717) is 15.6 Å². The van der Waals surface area contributed by atoms with Crippen LogP contribution in [0.25, 0.3) is 0 Å². The number of nitriles is 2. The lowest BCUT2D eigenvalue weighted by molar-refractivity contribution is -0.428. The standard InChI is InChI=1S/C15H14ClN5OS/c16-11-4-2-1-3-8(11)13-9(5-17)14(20)21-15(10(13)6-18)23-7-12(19)22/h1-4,9-10,13-14H,7,20H2,(H2,19,22)/p+1/t9-,10?,13+,14+/m0/s1. The fourth-order valence-electron chi connectivity index (χ4n) is 2.62. The zero-order valence-corrected chi connectivity index (χ0v) is 13.7. The minimum absolute atomic E-state index is 0.0240. The molecule has 0 bridgehead atoms. The van der Waals surface area contributed by atoms with Gasteiger partial charge in [-0.3, -0.25) is 4.79 Å². The highest BCUT2D eigenvalue weighted by atomic mass is 35.5. The Kier molecular flexibility index (Phi) is 5.62. The topological polar surface area (TPSA) is 131 Å². The third kappa shape index (κ3) is 3.65. The number of amides is 1. The van der Waals surface area contributed by atoms with Gasteiger partial charge in [-0.15, -0.1) is 0 Å². The Morgan fingerprint density at radius 1 is 1.39 bits per heavy atom. The molecule has 5 N–H and O–H groups in total. The fraction of sp³-hybridized carbons (Fsp3) is 0.333. The van der Waals surface area contributed by atoms with E-state index in [-0.39, 0.29) is 5.75 Å². The Hall–Kier alpha value is -2.06. The smallest absolute Gasteiger partial charge is 0.227 e. The number of rotatable bonds is 3. The second-order valence-corrected chi connectivity index (χ2v) is 6.50. The zero-order chi connectivity index (χ0) is 17.0. The molecule has 6 nitrogen and oxygen atoms in total. The SMILES string of the molecule is N#CC1C(SCC(N)=O)=N[C@@H]([NH3+])[C@@H](C#N)[C@H]1c1ccccc1Cl. The lowest BCUT2D eigenvalue weighted by Crippen LogP contribution is -2.66. The molecule has 118 valence electrons. The normalized spacial score (nSPS) is 26.7. The molecule has 0 saturated carbocycles. The van der Waals surface area contributed by atoms with Gasteiger partial charge in [0.25, 0.3) is 0 Å². The second kappa shape index (κ2) is 7.47. The predicted octanol–water partition coefficient (Wildman–Crippen LogP) is 0.902. The number of nitrogens with two attached hydrogens (primary N) is 1. The number of halogens is 1. The van der Waals surface area contributed by atoms with Gasteiger partial charge in [0.2, 0.25) is 5.91 Å². The summed E-state index contributed by atoms with van der Waals surface area (Å²) in [6.45, 7) is 0. The summed E-state index contributed by atoms with van der Waals surface area (Å²) in [6.07, 6.45) is -0.541. The summed E-state index contributed by atoms with van der Waals surface area (Å²) in [5.74, 6) is -2.16. The number of benzene rings is 1. The van der Waals surface area contributed by atoms with Gasteiger partial charge >= 0.3 is 0 Å². The van der Waals surface area contributed by atoms with Crippen molar-refractivity contribution in [3.8, 4) is 12.1 Å². The summed E-state index contributed by atoms with van der Waals surface area (Å²) in [4.78, 5) is 15.4. The molecule has 0 fully saturated rings. The Morgan fingerprint density at radius 2 is 2.09 bits per heavy atom. The van der Waals surface area contributed by atoms with Crippen molar-refractivity contribution in [1.29, 1.82) is 10.5 Å². The summed E-state index contributed by atoms with van der Waals surface area (Å²) in [5.41, 5.74) is 9.79. The summed E-state index contributed by atoms with van der Waals surface area (Å²) in [6, 6.07) is 11.5. The molecule has 1 aromatic carbocycles. The molecule has 1 aliphatic heterocycles. The molecule has 2 rings (SSSR count). The number of aliphatic imine (C=N–C) groups is 1. The number of quaternary nitrogens is 1. The minimum atomic E-state index is -0.665. The van der Waals surface area contributed by atoms with Crippen molar-refractivity contribution in [2.45, 2.75) is 12.1 Å². The van der Waals surface area contributed by atoms with Crippen molar-refractivity contribution in [3.05, 3.63) is 34.9 Å². The number of carbonyl (C=O) groups excluding carboxylic acids is 1. The van der Waals surface area contributed by atoms with Gasteiger partial charge in [-0.1, -0.05) is 41.6 Å². The van der Waals surface area contributed by atoms with Gasteiger partial charge in [-0.05, 0) is 11.6 Å². The predicted molar refractivity (Wildman–Crippen MR) is 88.2 cm³/mol. The molecule has 1 aliphatic rings. The average molecular weight is 349 g/mol. The molecule has 0 aliphatic carbocycles. The van der Waals surface area contributed by atoms with Gasteiger partial charge in [-0.25, -0.2) is 4.99 Å². The highest BCUT2D eigenvalue weighted by molar-refractivity contribution is 8.14. The number of primary amides is 1. The van der Waals surface area contributed by atoms with E-state index in [0.717, 1.165) is 11.8 Å². The molecule has 0 saturated heterocycles. The lowest BCUT2D eigenvalue weighted by Gasteiger charge is -2.32. The van der Waals surface area contributed by atoms with E-state index in [9.17, 15) is 15.3 Å². The van der Waals surface area contributed by atoms with E-state index >= 15 is 0 Å². The number of hydrogen-bond donors (Lipinski definition) is 2.